The van der Waals surface area contributed by atoms with E-state index in [4.69, 9.17) is 0 Å². The molecule has 0 saturated heterocycles. The fourth-order valence-electron chi connectivity index (χ4n) is 1.16. The van der Waals surface area contributed by atoms with Gasteiger partial charge in [-0.25, -0.2) is 4.98 Å². The minimum absolute atomic E-state index is 0.251. The van der Waals surface area contributed by atoms with Crippen LogP contribution < -0.4 is 0 Å². The van der Waals surface area contributed by atoms with Crippen LogP contribution in [0.4, 0.5) is 0 Å². The maximum atomic E-state index is 10.4. The van der Waals surface area contributed by atoms with Gasteiger partial charge in [-0.15, -0.1) is 0 Å². The van der Waals surface area contributed by atoms with Gasteiger partial charge in [0, 0.05) is 19.3 Å². The van der Waals surface area contributed by atoms with Gasteiger partial charge in [-0.1, -0.05) is 29.8 Å². The molecule has 0 radical (unpaired) electrons. The van der Waals surface area contributed by atoms with Crippen LogP contribution in [-0.4, -0.2) is 35.2 Å². The Morgan fingerprint density at radius 2 is 1.94 bits per heavy atom. The predicted molar refractivity (Wildman–Crippen MR) is 69.5 cm³/mol. The van der Waals surface area contributed by atoms with Crippen molar-refractivity contribution in [3.63, 3.8) is 0 Å². The maximum Gasteiger partial charge on any atom is 0.189 e. The van der Waals surface area contributed by atoms with Gasteiger partial charge in [0.2, 0.25) is 0 Å². The molecule has 0 saturated carbocycles. The number of nitrogens with zero attached hydrogens (tertiary/aromatic N) is 2. The van der Waals surface area contributed by atoms with Crippen molar-refractivity contribution in [2.75, 3.05) is 13.7 Å². The lowest BCUT2D eigenvalue weighted by Gasteiger charge is -1.94. The first-order valence-electron chi connectivity index (χ1n) is 5.64. The number of hydrogen-bond acceptors (Lipinski definition) is 4. The number of hydrogen-bond donors (Lipinski definition) is 1. The molecule has 2 rings (SSSR count). The highest BCUT2D eigenvalue weighted by molar-refractivity contribution is 5.70. The summed E-state index contributed by atoms with van der Waals surface area (Å²) in [5.41, 5.74) is 2.08. The number of carbonyl (C=O) groups is 1. The smallest absolute Gasteiger partial charge is 0.189 e. The normalized spacial score (nSPS) is 9.50. The molecule has 0 aliphatic carbocycles. The van der Waals surface area contributed by atoms with Gasteiger partial charge in [-0.05, 0) is 13.8 Å². The van der Waals surface area contributed by atoms with Gasteiger partial charge in [0.05, 0.1) is 0 Å². The molecule has 0 amide bonds. The Balaban J connectivity index is 0.000000357. The number of methoxy groups -OCH3 is 1. The molecule has 0 aliphatic heterocycles. The van der Waals surface area contributed by atoms with E-state index in [0.29, 0.717) is 12.1 Å². The molecule has 2 aromatic rings. The van der Waals surface area contributed by atoms with Crippen molar-refractivity contribution < 1.29 is 9.53 Å². The second-order valence-electron chi connectivity index (χ2n) is 3.61. The van der Waals surface area contributed by atoms with E-state index in [0.717, 1.165) is 12.2 Å². The van der Waals surface area contributed by atoms with E-state index < -0.39 is 0 Å². The van der Waals surface area contributed by atoms with Gasteiger partial charge in [0.25, 0.3) is 0 Å². The quantitative estimate of drug-likeness (QED) is 0.845. The van der Waals surface area contributed by atoms with Gasteiger partial charge < -0.3 is 4.74 Å². The first kappa shape index (κ1) is 14.1. The van der Waals surface area contributed by atoms with Crippen molar-refractivity contribution in [1.29, 1.82) is 0 Å². The summed E-state index contributed by atoms with van der Waals surface area (Å²) < 4.78 is 4.54. The standard InChI is InChI=1S/C10H9N3O.C3H8O/c1-7-2-4-8(5-3-7)10-11-9(6-14)12-13-10;1-3-4-2/h2-6H,1H3,(H,11,12,13);3H2,1-2H3. The van der Waals surface area contributed by atoms with Crippen molar-refractivity contribution in [1.82, 2.24) is 15.2 Å². The molecule has 0 spiro atoms. The zero-order valence-electron chi connectivity index (χ0n) is 10.8. The zero-order valence-corrected chi connectivity index (χ0v) is 10.8. The number of rotatable bonds is 3. The van der Waals surface area contributed by atoms with Crippen LogP contribution in [0.1, 0.15) is 23.1 Å². The molecule has 0 aliphatic rings. The van der Waals surface area contributed by atoms with Gasteiger partial charge in [-0.3, -0.25) is 9.89 Å². The Morgan fingerprint density at radius 1 is 1.33 bits per heavy atom. The van der Waals surface area contributed by atoms with E-state index in [1.165, 1.54) is 5.56 Å². The minimum atomic E-state index is 0.251. The van der Waals surface area contributed by atoms with Crippen LogP contribution >= 0.6 is 0 Å². The molecule has 1 heterocycles. The van der Waals surface area contributed by atoms with E-state index in [2.05, 4.69) is 19.9 Å². The van der Waals surface area contributed by atoms with E-state index in [1.54, 1.807) is 7.11 Å². The van der Waals surface area contributed by atoms with Crippen LogP contribution in [-0.2, 0) is 4.74 Å². The Kier molecular flexibility index (Phi) is 5.73. The van der Waals surface area contributed by atoms with Gasteiger partial charge in [-0.2, -0.15) is 5.10 Å². The first-order chi connectivity index (χ1) is 8.71. The number of ether oxygens (including phenoxy) is 1. The molecule has 0 unspecified atom stereocenters. The SMILES string of the molecule is CCOC.Cc1ccc(-c2n[nH]c(C=O)n2)cc1. The third-order valence-corrected chi connectivity index (χ3v) is 2.21. The second-order valence-corrected chi connectivity index (χ2v) is 3.61. The molecule has 1 N–H and O–H groups in total. The molecule has 18 heavy (non-hydrogen) atoms. The van der Waals surface area contributed by atoms with Gasteiger partial charge >= 0.3 is 0 Å². The number of carbonyl (C=O) groups excluding carboxylic acids is 1. The number of aromatic amines is 1. The van der Waals surface area contributed by atoms with Crippen LogP contribution in [0, 0.1) is 6.92 Å². The summed E-state index contributed by atoms with van der Waals surface area (Å²) in [5.74, 6) is 0.799. The molecule has 0 atom stereocenters. The molecule has 1 aromatic heterocycles. The number of aldehydes is 1. The molecule has 0 fully saturated rings. The number of H-pyrrole nitrogens is 1. The fraction of sp³-hybridized carbons (Fsp3) is 0.308. The summed E-state index contributed by atoms with van der Waals surface area (Å²) >= 11 is 0. The first-order valence-corrected chi connectivity index (χ1v) is 5.64. The third-order valence-electron chi connectivity index (χ3n) is 2.21. The Morgan fingerprint density at radius 3 is 2.39 bits per heavy atom. The summed E-state index contributed by atoms with van der Waals surface area (Å²) in [5, 5.41) is 6.46. The number of aryl methyl sites for hydroxylation is 1. The fourth-order valence-corrected chi connectivity index (χ4v) is 1.16. The van der Waals surface area contributed by atoms with Crippen molar-refractivity contribution in [3.05, 3.63) is 35.7 Å². The molecule has 0 bridgehead atoms. The average Bonchev–Trinajstić information content (AvgIpc) is 2.89. The van der Waals surface area contributed by atoms with Crippen LogP contribution in [0.25, 0.3) is 11.4 Å². The molecule has 1 aromatic carbocycles. The largest absolute Gasteiger partial charge is 0.385 e. The highest BCUT2D eigenvalue weighted by Crippen LogP contribution is 2.14. The van der Waals surface area contributed by atoms with Gasteiger partial charge in [0.1, 0.15) is 0 Å². The molecular formula is C13H17N3O2. The van der Waals surface area contributed by atoms with E-state index >= 15 is 0 Å². The summed E-state index contributed by atoms with van der Waals surface area (Å²) in [7, 11) is 1.68. The Bertz CT molecular complexity index is 475. The summed E-state index contributed by atoms with van der Waals surface area (Å²) in [4.78, 5) is 14.4. The second kappa shape index (κ2) is 7.34. The van der Waals surface area contributed by atoms with Crippen molar-refractivity contribution in [2.24, 2.45) is 0 Å². The molecule has 5 nitrogen and oxygen atoms in total. The van der Waals surface area contributed by atoms with Crippen molar-refractivity contribution in [3.8, 4) is 11.4 Å². The Hall–Kier alpha value is -2.01. The van der Waals surface area contributed by atoms with Crippen LogP contribution in [0.3, 0.4) is 0 Å². The molecule has 96 valence electrons. The van der Waals surface area contributed by atoms with Crippen LogP contribution in [0.5, 0.6) is 0 Å². The number of nitrogens with one attached hydrogen (secondary N) is 1. The van der Waals surface area contributed by atoms with Crippen molar-refractivity contribution >= 4 is 6.29 Å². The summed E-state index contributed by atoms with van der Waals surface area (Å²) in [6.45, 7) is 4.79. The summed E-state index contributed by atoms with van der Waals surface area (Å²) in [6.07, 6.45) is 0.644. The van der Waals surface area contributed by atoms with Gasteiger partial charge in [0.15, 0.2) is 17.9 Å². The summed E-state index contributed by atoms with van der Waals surface area (Å²) in [6, 6.07) is 7.80. The average molecular weight is 247 g/mol. The lowest BCUT2D eigenvalue weighted by atomic mass is 10.1. The van der Waals surface area contributed by atoms with Crippen molar-refractivity contribution in [2.45, 2.75) is 13.8 Å². The monoisotopic (exact) mass is 247 g/mol. The lowest BCUT2D eigenvalue weighted by molar-refractivity contribution is 0.111. The van der Waals surface area contributed by atoms with Crippen LogP contribution in [0.15, 0.2) is 24.3 Å². The highest BCUT2D eigenvalue weighted by atomic mass is 16.5. The van der Waals surface area contributed by atoms with Crippen LogP contribution in [0.2, 0.25) is 0 Å². The minimum Gasteiger partial charge on any atom is -0.385 e. The molecular weight excluding hydrogens is 230 g/mol. The molecule has 5 heteroatoms. The number of benzene rings is 1. The third kappa shape index (κ3) is 4.10. The van der Waals surface area contributed by atoms with E-state index in [9.17, 15) is 4.79 Å². The number of aromatic nitrogens is 3. The Labute approximate surface area is 106 Å². The lowest BCUT2D eigenvalue weighted by Crippen LogP contribution is -1.82. The maximum absolute atomic E-state index is 10.4. The topological polar surface area (TPSA) is 67.9 Å². The van der Waals surface area contributed by atoms with E-state index in [1.807, 2.05) is 38.1 Å². The predicted octanol–water partition coefficient (Wildman–Crippen LogP) is 2.25. The van der Waals surface area contributed by atoms with E-state index in [-0.39, 0.29) is 5.82 Å². The zero-order chi connectivity index (χ0) is 13.4. The highest BCUT2D eigenvalue weighted by Gasteiger charge is 2.03.